The van der Waals surface area contributed by atoms with Crippen LogP contribution in [0.1, 0.15) is 24.0 Å². The van der Waals surface area contributed by atoms with E-state index in [0.29, 0.717) is 35.0 Å². The fraction of sp³-hybridized carbons (Fsp3) is 0.381. The van der Waals surface area contributed by atoms with E-state index in [1.165, 1.54) is 4.31 Å². The zero-order valence-corrected chi connectivity index (χ0v) is 17.2. The minimum Gasteiger partial charge on any atom is -0.454 e. The topological polar surface area (TPSA) is 82.1 Å². The van der Waals surface area contributed by atoms with Gasteiger partial charge in [0.15, 0.2) is 11.5 Å². The van der Waals surface area contributed by atoms with Gasteiger partial charge in [-0.05, 0) is 62.1 Å². The van der Waals surface area contributed by atoms with Crippen LogP contribution in [0, 0.1) is 19.8 Å². The van der Waals surface area contributed by atoms with Gasteiger partial charge in [0.2, 0.25) is 16.8 Å². The van der Waals surface area contributed by atoms with Crippen molar-refractivity contribution in [3.63, 3.8) is 0 Å². The molecule has 0 saturated carbocycles. The van der Waals surface area contributed by atoms with E-state index in [1.54, 1.807) is 30.3 Å². The minimum atomic E-state index is -3.57. The van der Waals surface area contributed by atoms with Crippen LogP contribution in [0.5, 0.6) is 17.2 Å². The minimum absolute atomic E-state index is 0.153. The van der Waals surface area contributed by atoms with Gasteiger partial charge in [-0.25, -0.2) is 8.42 Å². The van der Waals surface area contributed by atoms with Gasteiger partial charge in [0.05, 0.1) is 10.8 Å². The Balaban J connectivity index is 1.38. The zero-order chi connectivity index (χ0) is 20.6. The second kappa shape index (κ2) is 7.68. The Morgan fingerprint density at radius 3 is 2.45 bits per heavy atom. The lowest BCUT2D eigenvalue weighted by molar-refractivity contribution is -0.140. The first-order valence-corrected chi connectivity index (χ1v) is 11.0. The third kappa shape index (κ3) is 3.95. The van der Waals surface area contributed by atoms with Crippen molar-refractivity contribution in [3.05, 3.63) is 47.5 Å². The molecule has 0 atom stereocenters. The van der Waals surface area contributed by atoms with Crippen molar-refractivity contribution in [2.75, 3.05) is 19.9 Å². The number of rotatable bonds is 4. The highest BCUT2D eigenvalue weighted by molar-refractivity contribution is 7.89. The highest BCUT2D eigenvalue weighted by Crippen LogP contribution is 2.35. The van der Waals surface area contributed by atoms with E-state index in [4.69, 9.17) is 14.2 Å². The molecule has 154 valence electrons. The molecule has 0 aliphatic carbocycles. The molecule has 0 amide bonds. The Morgan fingerprint density at radius 2 is 1.72 bits per heavy atom. The van der Waals surface area contributed by atoms with Gasteiger partial charge in [0.25, 0.3) is 0 Å². The Kier molecular flexibility index (Phi) is 5.23. The van der Waals surface area contributed by atoms with Crippen LogP contribution < -0.4 is 14.2 Å². The smallest absolute Gasteiger partial charge is 0.314 e. The summed E-state index contributed by atoms with van der Waals surface area (Å²) in [4.78, 5) is 12.8. The number of piperidine rings is 1. The van der Waals surface area contributed by atoms with Gasteiger partial charge in [-0.3, -0.25) is 4.79 Å². The highest BCUT2D eigenvalue weighted by atomic mass is 32.2. The predicted molar refractivity (Wildman–Crippen MR) is 106 cm³/mol. The maximum Gasteiger partial charge on any atom is 0.314 e. The molecule has 7 nitrogen and oxygen atoms in total. The fourth-order valence-electron chi connectivity index (χ4n) is 3.50. The van der Waals surface area contributed by atoms with Gasteiger partial charge < -0.3 is 14.2 Å². The Morgan fingerprint density at radius 1 is 1.00 bits per heavy atom. The number of carbonyl (C=O) groups is 1. The highest BCUT2D eigenvalue weighted by Gasteiger charge is 2.33. The van der Waals surface area contributed by atoms with Gasteiger partial charge in [-0.15, -0.1) is 0 Å². The van der Waals surface area contributed by atoms with Crippen LogP contribution in [0.15, 0.2) is 41.3 Å². The molecule has 29 heavy (non-hydrogen) atoms. The average molecular weight is 417 g/mol. The molecule has 2 heterocycles. The summed E-state index contributed by atoms with van der Waals surface area (Å²) in [6.45, 7) is 4.57. The van der Waals surface area contributed by atoms with E-state index in [1.807, 2.05) is 19.9 Å². The quantitative estimate of drug-likeness (QED) is 0.562. The molecule has 0 unspecified atom stereocenters. The van der Waals surface area contributed by atoms with Gasteiger partial charge in [-0.2, -0.15) is 4.31 Å². The van der Waals surface area contributed by atoms with Crippen molar-refractivity contribution < 1.29 is 27.4 Å². The number of sulfonamides is 1. The second-order valence-corrected chi connectivity index (χ2v) is 9.30. The van der Waals surface area contributed by atoms with Gasteiger partial charge in [0, 0.05) is 19.2 Å². The SMILES string of the molecule is Cc1ccc(S(=O)(=O)N2CCC(C(=O)Oc3ccc4c(c3)OCO4)CC2)cc1C. The summed E-state index contributed by atoms with van der Waals surface area (Å²) < 4.78 is 43.3. The predicted octanol–water partition coefficient (Wildman–Crippen LogP) is 3.04. The van der Waals surface area contributed by atoms with Crippen molar-refractivity contribution in [1.82, 2.24) is 4.31 Å². The summed E-state index contributed by atoms with van der Waals surface area (Å²) in [6, 6.07) is 10.1. The molecule has 0 bridgehead atoms. The number of ether oxygens (including phenoxy) is 3. The number of hydrogen-bond acceptors (Lipinski definition) is 6. The number of fused-ring (bicyclic) bond motifs is 1. The number of hydrogen-bond donors (Lipinski definition) is 0. The maximum absolute atomic E-state index is 12.9. The van der Waals surface area contributed by atoms with Crippen LogP contribution >= 0.6 is 0 Å². The van der Waals surface area contributed by atoms with Crippen molar-refractivity contribution in [2.24, 2.45) is 5.92 Å². The Labute approximate surface area is 170 Å². The van der Waals surface area contributed by atoms with E-state index < -0.39 is 10.0 Å². The lowest BCUT2D eigenvalue weighted by atomic mass is 9.98. The third-order valence-electron chi connectivity index (χ3n) is 5.47. The van der Waals surface area contributed by atoms with Crippen LogP contribution in [0.4, 0.5) is 0 Å². The molecule has 0 radical (unpaired) electrons. The molecular weight excluding hydrogens is 394 g/mol. The van der Waals surface area contributed by atoms with Gasteiger partial charge >= 0.3 is 5.97 Å². The molecule has 0 spiro atoms. The first-order valence-electron chi connectivity index (χ1n) is 9.53. The van der Waals surface area contributed by atoms with Crippen LogP contribution in [0.25, 0.3) is 0 Å². The van der Waals surface area contributed by atoms with Crippen molar-refractivity contribution >= 4 is 16.0 Å². The molecule has 0 N–H and O–H groups in total. The lowest BCUT2D eigenvalue weighted by Crippen LogP contribution is -2.41. The third-order valence-corrected chi connectivity index (χ3v) is 7.36. The molecule has 2 aromatic carbocycles. The first-order chi connectivity index (χ1) is 13.8. The standard InChI is InChI=1S/C21H23NO6S/c1-14-3-5-18(11-15(14)2)29(24,25)22-9-7-16(8-10-22)21(23)28-17-4-6-19-20(12-17)27-13-26-19/h3-6,11-12,16H,7-10,13H2,1-2H3. The van der Waals surface area contributed by atoms with E-state index in [2.05, 4.69) is 0 Å². The van der Waals surface area contributed by atoms with Crippen molar-refractivity contribution in [1.29, 1.82) is 0 Å². The summed E-state index contributed by atoms with van der Waals surface area (Å²) >= 11 is 0. The van der Waals surface area contributed by atoms with E-state index >= 15 is 0 Å². The largest absolute Gasteiger partial charge is 0.454 e. The van der Waals surface area contributed by atoms with Gasteiger partial charge in [0.1, 0.15) is 5.75 Å². The van der Waals surface area contributed by atoms with Crippen LogP contribution in [-0.2, 0) is 14.8 Å². The molecule has 8 heteroatoms. The zero-order valence-electron chi connectivity index (χ0n) is 16.4. The number of nitrogens with zero attached hydrogens (tertiary/aromatic N) is 1. The van der Waals surface area contributed by atoms with Gasteiger partial charge in [-0.1, -0.05) is 6.07 Å². The maximum atomic E-state index is 12.9. The van der Waals surface area contributed by atoms with E-state index in [-0.39, 0.29) is 31.8 Å². The lowest BCUT2D eigenvalue weighted by Gasteiger charge is -2.30. The number of carbonyl (C=O) groups excluding carboxylic acids is 1. The molecular formula is C21H23NO6S. The van der Waals surface area contributed by atoms with Crippen molar-refractivity contribution in [3.8, 4) is 17.2 Å². The van der Waals surface area contributed by atoms with Crippen molar-refractivity contribution in [2.45, 2.75) is 31.6 Å². The van der Waals surface area contributed by atoms with Crippen LogP contribution in [-0.4, -0.2) is 38.6 Å². The summed E-state index contributed by atoms with van der Waals surface area (Å²) in [7, 11) is -3.57. The normalized spacial score (nSPS) is 17.3. The Bertz CT molecular complexity index is 1040. The fourth-order valence-corrected chi connectivity index (χ4v) is 5.05. The summed E-state index contributed by atoms with van der Waals surface area (Å²) in [5.41, 5.74) is 1.99. The number of benzene rings is 2. The molecule has 2 aliphatic heterocycles. The summed E-state index contributed by atoms with van der Waals surface area (Å²) in [6.07, 6.45) is 0.848. The monoisotopic (exact) mass is 417 g/mol. The molecule has 2 aromatic rings. The van der Waals surface area contributed by atoms with Crippen LogP contribution in [0.3, 0.4) is 0 Å². The second-order valence-electron chi connectivity index (χ2n) is 7.36. The first kappa shape index (κ1) is 19.7. The van der Waals surface area contributed by atoms with E-state index in [9.17, 15) is 13.2 Å². The average Bonchev–Trinajstić information content (AvgIpc) is 3.18. The van der Waals surface area contributed by atoms with E-state index in [0.717, 1.165) is 11.1 Å². The molecule has 4 rings (SSSR count). The van der Waals surface area contributed by atoms with Crippen LogP contribution in [0.2, 0.25) is 0 Å². The summed E-state index contributed by atoms with van der Waals surface area (Å²) in [5, 5.41) is 0. The molecule has 0 aromatic heterocycles. The summed E-state index contributed by atoms with van der Waals surface area (Å²) in [5.74, 6) is 0.863. The number of esters is 1. The molecule has 1 fully saturated rings. The number of aryl methyl sites for hydroxylation is 2. The molecule has 1 saturated heterocycles. The Hall–Kier alpha value is -2.58. The molecule has 2 aliphatic rings.